The summed E-state index contributed by atoms with van der Waals surface area (Å²) in [5.41, 5.74) is 3.19. The molecule has 0 aromatic carbocycles. The zero-order chi connectivity index (χ0) is 18.5. The second kappa shape index (κ2) is 7.84. The zero-order valence-corrected chi connectivity index (χ0v) is 15.3. The normalized spacial score (nSPS) is 12.3. The molecule has 0 fully saturated rings. The fraction of sp³-hybridized carbons (Fsp3) is 0.105. The summed E-state index contributed by atoms with van der Waals surface area (Å²) in [6.07, 6.45) is 10.6. The molecule has 0 radical (unpaired) electrons. The van der Waals surface area contributed by atoms with Crippen molar-refractivity contribution in [2.24, 2.45) is 0 Å². The minimum Gasteiger partial charge on any atom is -0.383 e. The van der Waals surface area contributed by atoms with E-state index in [1.54, 1.807) is 24.5 Å². The summed E-state index contributed by atoms with van der Waals surface area (Å²) in [5, 5.41) is 4.63. The minimum absolute atomic E-state index is 0.437. The van der Waals surface area contributed by atoms with Crippen LogP contribution in [0.1, 0.15) is 0 Å². The number of hydrogen-bond donors (Lipinski definition) is 2. The molecule has 0 saturated heterocycles. The summed E-state index contributed by atoms with van der Waals surface area (Å²) in [5.74, 6) is 0.437. The first-order valence-electron chi connectivity index (χ1n) is 7.98. The highest BCUT2D eigenvalue weighted by molar-refractivity contribution is 6.31. The molecular formula is C19H19ClN6. The average Bonchev–Trinajstić information content (AvgIpc) is 3.08. The number of nitrogens with one attached hydrogen (secondary N) is 2. The number of fused-ring (bicyclic) bond motifs is 1. The van der Waals surface area contributed by atoms with Crippen molar-refractivity contribution in [3.8, 4) is 11.3 Å². The van der Waals surface area contributed by atoms with E-state index in [-0.39, 0.29) is 0 Å². The molecule has 3 aromatic heterocycles. The summed E-state index contributed by atoms with van der Waals surface area (Å²) in [6.45, 7) is 3.80. The highest BCUT2D eigenvalue weighted by Crippen LogP contribution is 2.26. The van der Waals surface area contributed by atoms with Crippen molar-refractivity contribution in [1.29, 1.82) is 0 Å². The summed E-state index contributed by atoms with van der Waals surface area (Å²) in [6, 6.07) is 5.75. The molecular weight excluding hydrogens is 348 g/mol. The van der Waals surface area contributed by atoms with Gasteiger partial charge in [-0.1, -0.05) is 18.2 Å². The topological polar surface area (TPSA) is 69.7 Å². The maximum atomic E-state index is 6.32. The Bertz CT molecular complexity index is 986. The number of rotatable bonds is 6. The first-order valence-corrected chi connectivity index (χ1v) is 8.35. The third-order valence-electron chi connectivity index (χ3n) is 3.61. The monoisotopic (exact) mass is 366 g/mol. The SMILES string of the molecule is C=C/C(Nc1nccc(-c2c[nH]c3ncccc23)n1)=C(Cl)\C=C\N(C)C. The third-order valence-corrected chi connectivity index (χ3v) is 3.94. The van der Waals surface area contributed by atoms with Crippen LogP contribution in [-0.2, 0) is 0 Å². The lowest BCUT2D eigenvalue weighted by atomic mass is 10.1. The van der Waals surface area contributed by atoms with Crippen LogP contribution < -0.4 is 5.32 Å². The number of allylic oxidation sites excluding steroid dienone is 3. The maximum Gasteiger partial charge on any atom is 0.227 e. The minimum atomic E-state index is 0.437. The van der Waals surface area contributed by atoms with E-state index in [4.69, 9.17) is 11.6 Å². The van der Waals surface area contributed by atoms with Crippen LogP contribution in [0.3, 0.4) is 0 Å². The molecule has 0 unspecified atom stereocenters. The molecule has 0 saturated carbocycles. The van der Waals surface area contributed by atoms with Crippen molar-refractivity contribution in [2.75, 3.05) is 19.4 Å². The lowest BCUT2D eigenvalue weighted by Gasteiger charge is -2.09. The average molecular weight is 367 g/mol. The van der Waals surface area contributed by atoms with E-state index in [2.05, 4.69) is 31.8 Å². The predicted molar refractivity (Wildman–Crippen MR) is 107 cm³/mol. The van der Waals surface area contributed by atoms with Crippen LogP contribution in [0.2, 0.25) is 0 Å². The molecule has 3 rings (SSSR count). The van der Waals surface area contributed by atoms with Crippen molar-refractivity contribution < 1.29 is 0 Å². The van der Waals surface area contributed by atoms with Crippen molar-refractivity contribution in [3.63, 3.8) is 0 Å². The number of hydrogen-bond acceptors (Lipinski definition) is 5. The van der Waals surface area contributed by atoms with Gasteiger partial charge < -0.3 is 15.2 Å². The molecule has 0 spiro atoms. The fourth-order valence-corrected chi connectivity index (χ4v) is 2.55. The second-order valence-corrected chi connectivity index (χ2v) is 6.14. The number of aromatic nitrogens is 4. The molecule has 2 N–H and O–H groups in total. The Hall–Kier alpha value is -3.12. The lowest BCUT2D eigenvalue weighted by Crippen LogP contribution is -2.04. The van der Waals surface area contributed by atoms with Gasteiger partial charge in [-0.3, -0.25) is 0 Å². The number of anilines is 1. The van der Waals surface area contributed by atoms with Gasteiger partial charge in [0, 0.05) is 49.8 Å². The first kappa shape index (κ1) is 17.7. The summed E-state index contributed by atoms with van der Waals surface area (Å²) in [7, 11) is 3.84. The standard InChI is InChI=1S/C19H19ClN6/c1-4-16(15(20)8-11-26(2)3)24-19-22-10-7-17(25-19)14-12-23-18-13(14)6-5-9-21-18/h4-12H,1H2,2-3H3,(H,21,23)(H,22,24,25)/b11-8+,16-15-. The quantitative estimate of drug-likeness (QED) is 0.641. The van der Waals surface area contributed by atoms with Gasteiger partial charge in [0.25, 0.3) is 0 Å². The number of aromatic amines is 1. The van der Waals surface area contributed by atoms with Crippen molar-refractivity contribution in [1.82, 2.24) is 24.8 Å². The van der Waals surface area contributed by atoms with Gasteiger partial charge in [-0.25, -0.2) is 15.0 Å². The molecule has 6 nitrogen and oxygen atoms in total. The van der Waals surface area contributed by atoms with Crippen LogP contribution in [0.5, 0.6) is 0 Å². The molecule has 0 aliphatic rings. The Morgan fingerprint density at radius 1 is 1.27 bits per heavy atom. The van der Waals surface area contributed by atoms with Crippen LogP contribution in [0.15, 0.2) is 72.4 Å². The number of H-pyrrole nitrogens is 1. The van der Waals surface area contributed by atoms with Crippen molar-refractivity contribution in [2.45, 2.75) is 0 Å². The Balaban J connectivity index is 1.92. The van der Waals surface area contributed by atoms with Crippen LogP contribution in [0.4, 0.5) is 5.95 Å². The Morgan fingerprint density at radius 2 is 2.12 bits per heavy atom. The summed E-state index contributed by atoms with van der Waals surface area (Å²) < 4.78 is 0. The van der Waals surface area contributed by atoms with Gasteiger partial charge in [-0.15, -0.1) is 0 Å². The molecule has 0 bridgehead atoms. The highest BCUT2D eigenvalue weighted by Gasteiger charge is 2.09. The van der Waals surface area contributed by atoms with Gasteiger partial charge in [0.05, 0.1) is 16.4 Å². The molecule has 0 aliphatic carbocycles. The van der Waals surface area contributed by atoms with Crippen LogP contribution in [0, 0.1) is 0 Å². The maximum absolute atomic E-state index is 6.32. The van der Waals surface area contributed by atoms with Gasteiger partial charge in [0.15, 0.2) is 0 Å². The zero-order valence-electron chi connectivity index (χ0n) is 14.6. The largest absolute Gasteiger partial charge is 0.383 e. The van der Waals surface area contributed by atoms with Gasteiger partial charge in [-0.2, -0.15) is 0 Å². The smallest absolute Gasteiger partial charge is 0.227 e. The van der Waals surface area contributed by atoms with E-state index >= 15 is 0 Å². The molecule has 3 heterocycles. The molecule has 3 aromatic rings. The number of nitrogens with zero attached hydrogens (tertiary/aromatic N) is 4. The second-order valence-electron chi connectivity index (χ2n) is 5.74. The van der Waals surface area contributed by atoms with E-state index < -0.39 is 0 Å². The molecule has 26 heavy (non-hydrogen) atoms. The van der Waals surface area contributed by atoms with Gasteiger partial charge in [-0.05, 0) is 30.4 Å². The van der Waals surface area contributed by atoms with Crippen LogP contribution in [-0.4, -0.2) is 38.9 Å². The van der Waals surface area contributed by atoms with Crippen molar-refractivity contribution in [3.05, 3.63) is 72.4 Å². The van der Waals surface area contributed by atoms with E-state index in [0.29, 0.717) is 16.7 Å². The highest BCUT2D eigenvalue weighted by atomic mass is 35.5. The molecule has 7 heteroatoms. The first-order chi connectivity index (χ1) is 12.6. The third kappa shape index (κ3) is 3.92. The summed E-state index contributed by atoms with van der Waals surface area (Å²) >= 11 is 6.32. The molecule has 132 valence electrons. The molecule has 0 aliphatic heterocycles. The Morgan fingerprint density at radius 3 is 2.88 bits per heavy atom. The number of pyridine rings is 1. The van der Waals surface area contributed by atoms with E-state index in [9.17, 15) is 0 Å². The number of halogens is 1. The van der Waals surface area contributed by atoms with Crippen LogP contribution in [0.25, 0.3) is 22.3 Å². The van der Waals surface area contributed by atoms with E-state index in [1.165, 1.54) is 0 Å². The van der Waals surface area contributed by atoms with E-state index in [1.807, 2.05) is 49.6 Å². The fourth-order valence-electron chi connectivity index (χ4n) is 2.37. The predicted octanol–water partition coefficient (Wildman–Crippen LogP) is 4.14. The van der Waals surface area contributed by atoms with Gasteiger partial charge >= 0.3 is 0 Å². The van der Waals surface area contributed by atoms with Gasteiger partial charge in [0.1, 0.15) is 5.65 Å². The van der Waals surface area contributed by atoms with E-state index in [0.717, 1.165) is 22.3 Å². The molecule has 0 atom stereocenters. The van der Waals surface area contributed by atoms with Crippen LogP contribution >= 0.6 is 11.6 Å². The van der Waals surface area contributed by atoms with Gasteiger partial charge in [0.2, 0.25) is 5.95 Å². The molecule has 0 amide bonds. The summed E-state index contributed by atoms with van der Waals surface area (Å²) in [4.78, 5) is 18.2. The van der Waals surface area contributed by atoms with Crippen molar-refractivity contribution >= 4 is 28.6 Å². The Labute approximate surface area is 157 Å². The Kier molecular flexibility index (Phi) is 5.34. The lowest BCUT2D eigenvalue weighted by molar-refractivity contribution is 0.564.